The molecule has 0 aliphatic carbocycles. The van der Waals surface area contributed by atoms with Gasteiger partial charge in [-0.15, -0.1) is 0 Å². The number of hydrogen-bond acceptors (Lipinski definition) is 1. The number of ketones is 1. The first-order valence-electron chi connectivity index (χ1n) is 8.00. The third kappa shape index (κ3) is 5.32. The van der Waals surface area contributed by atoms with Gasteiger partial charge in [0.2, 0.25) is 5.78 Å². The Bertz CT molecular complexity index is 366. The van der Waals surface area contributed by atoms with E-state index < -0.39 is 0 Å². The van der Waals surface area contributed by atoms with Crippen molar-refractivity contribution in [2.24, 2.45) is 0 Å². The lowest BCUT2D eigenvalue weighted by atomic mass is 10.1. The molecule has 20 heavy (non-hydrogen) atoms. The summed E-state index contributed by atoms with van der Waals surface area (Å²) < 4.78 is 0. The SMILES string of the molecule is CCCC[S+](CCCC)C(CC)C(=O)c1ccccc1. The predicted octanol–water partition coefficient (Wildman–Crippen LogP) is 4.87. The fourth-order valence-corrected chi connectivity index (χ4v) is 5.41. The molecule has 0 aliphatic rings. The van der Waals surface area contributed by atoms with Crippen molar-refractivity contribution in [1.29, 1.82) is 0 Å². The molecule has 0 aromatic heterocycles. The highest BCUT2D eigenvalue weighted by Crippen LogP contribution is 2.19. The smallest absolute Gasteiger partial charge is 0.214 e. The minimum Gasteiger partial charge on any atom is -0.288 e. The molecular weight excluding hydrogens is 264 g/mol. The molecular formula is C18H29OS+. The van der Waals surface area contributed by atoms with Crippen LogP contribution in [0, 0.1) is 0 Å². The van der Waals surface area contributed by atoms with E-state index in [2.05, 4.69) is 20.8 Å². The van der Waals surface area contributed by atoms with E-state index in [1.807, 2.05) is 30.3 Å². The molecule has 1 atom stereocenters. The Balaban J connectivity index is 2.79. The van der Waals surface area contributed by atoms with E-state index in [-0.39, 0.29) is 16.1 Å². The van der Waals surface area contributed by atoms with Crippen LogP contribution >= 0.6 is 0 Å². The number of carbonyl (C=O) groups is 1. The molecule has 112 valence electrons. The van der Waals surface area contributed by atoms with Gasteiger partial charge in [-0.3, -0.25) is 4.79 Å². The Kier molecular flexibility index (Phi) is 8.68. The summed E-state index contributed by atoms with van der Waals surface area (Å²) in [5.74, 6) is 2.82. The Morgan fingerprint density at radius 1 is 1.00 bits per heavy atom. The Morgan fingerprint density at radius 3 is 2.00 bits per heavy atom. The van der Waals surface area contributed by atoms with Crippen molar-refractivity contribution in [3.63, 3.8) is 0 Å². The molecule has 0 amide bonds. The lowest BCUT2D eigenvalue weighted by Gasteiger charge is -2.17. The van der Waals surface area contributed by atoms with Gasteiger partial charge in [-0.05, 0) is 30.2 Å². The highest BCUT2D eigenvalue weighted by molar-refractivity contribution is 7.98. The monoisotopic (exact) mass is 293 g/mol. The van der Waals surface area contributed by atoms with Crippen LogP contribution < -0.4 is 0 Å². The van der Waals surface area contributed by atoms with E-state index in [4.69, 9.17) is 0 Å². The second-order valence-electron chi connectivity index (χ2n) is 5.28. The van der Waals surface area contributed by atoms with Crippen molar-refractivity contribution < 1.29 is 4.79 Å². The lowest BCUT2D eigenvalue weighted by Crippen LogP contribution is -2.34. The van der Waals surface area contributed by atoms with Crippen LogP contribution in [0.15, 0.2) is 30.3 Å². The van der Waals surface area contributed by atoms with Crippen LogP contribution in [0.25, 0.3) is 0 Å². The van der Waals surface area contributed by atoms with E-state index >= 15 is 0 Å². The fraction of sp³-hybridized carbons (Fsp3) is 0.611. The summed E-state index contributed by atoms with van der Waals surface area (Å²) in [5.41, 5.74) is 0.893. The Hall–Kier alpha value is -0.760. The van der Waals surface area contributed by atoms with Crippen LogP contribution in [0.4, 0.5) is 0 Å². The summed E-state index contributed by atoms with van der Waals surface area (Å²) in [6.07, 6.45) is 5.94. The average Bonchev–Trinajstić information content (AvgIpc) is 2.50. The molecule has 2 heteroatoms. The Labute approximate surface area is 127 Å². The van der Waals surface area contributed by atoms with E-state index in [1.54, 1.807) is 0 Å². The molecule has 1 aromatic rings. The first-order chi connectivity index (χ1) is 9.74. The second-order valence-corrected chi connectivity index (χ2v) is 7.74. The molecule has 0 saturated carbocycles. The van der Waals surface area contributed by atoms with Crippen LogP contribution in [0.3, 0.4) is 0 Å². The zero-order valence-corrected chi connectivity index (χ0v) is 14.0. The average molecular weight is 293 g/mol. The Morgan fingerprint density at radius 2 is 1.55 bits per heavy atom. The summed E-state index contributed by atoms with van der Waals surface area (Å²) in [7, 11) is 0.258. The summed E-state index contributed by atoms with van der Waals surface area (Å²) in [4.78, 5) is 12.8. The van der Waals surface area contributed by atoms with Crippen LogP contribution in [0.1, 0.15) is 63.2 Å². The molecule has 1 nitrogen and oxygen atoms in total. The van der Waals surface area contributed by atoms with Gasteiger partial charge in [0.1, 0.15) is 11.5 Å². The number of hydrogen-bond donors (Lipinski definition) is 0. The van der Waals surface area contributed by atoms with Crippen molar-refractivity contribution >= 4 is 16.7 Å². The summed E-state index contributed by atoms with van der Waals surface area (Å²) in [6, 6.07) is 9.84. The second kappa shape index (κ2) is 10.0. The molecule has 0 N–H and O–H groups in total. The van der Waals surface area contributed by atoms with E-state index in [9.17, 15) is 4.79 Å². The minimum absolute atomic E-state index is 0.232. The maximum absolute atomic E-state index is 12.8. The van der Waals surface area contributed by atoms with Crippen molar-refractivity contribution in [1.82, 2.24) is 0 Å². The van der Waals surface area contributed by atoms with Crippen LogP contribution in [-0.4, -0.2) is 22.5 Å². The number of rotatable bonds is 10. The van der Waals surface area contributed by atoms with Crippen LogP contribution in [-0.2, 0) is 10.9 Å². The van der Waals surface area contributed by atoms with Gasteiger partial charge >= 0.3 is 0 Å². The van der Waals surface area contributed by atoms with Crippen molar-refractivity contribution in [2.45, 2.75) is 58.1 Å². The molecule has 0 saturated heterocycles. The molecule has 1 aromatic carbocycles. The largest absolute Gasteiger partial charge is 0.288 e. The topological polar surface area (TPSA) is 17.1 Å². The van der Waals surface area contributed by atoms with Crippen LogP contribution in [0.2, 0.25) is 0 Å². The van der Waals surface area contributed by atoms with Gasteiger partial charge in [0.25, 0.3) is 0 Å². The molecule has 0 fully saturated rings. The first-order valence-corrected chi connectivity index (χ1v) is 9.62. The van der Waals surface area contributed by atoms with E-state index in [0.717, 1.165) is 12.0 Å². The first kappa shape index (κ1) is 17.3. The van der Waals surface area contributed by atoms with Gasteiger partial charge in [0, 0.05) is 5.56 Å². The van der Waals surface area contributed by atoms with Gasteiger partial charge in [-0.1, -0.05) is 63.9 Å². The van der Waals surface area contributed by atoms with Crippen molar-refractivity contribution in [2.75, 3.05) is 11.5 Å². The highest BCUT2D eigenvalue weighted by Gasteiger charge is 2.34. The normalized spacial score (nSPS) is 12.6. The molecule has 0 aliphatic heterocycles. The molecule has 0 radical (unpaired) electrons. The zero-order chi connectivity index (χ0) is 14.8. The van der Waals surface area contributed by atoms with Gasteiger partial charge in [0.15, 0.2) is 5.25 Å². The lowest BCUT2D eigenvalue weighted by molar-refractivity contribution is 0.0987. The number of unbranched alkanes of at least 4 members (excludes halogenated alkanes) is 2. The third-order valence-corrected chi connectivity index (χ3v) is 6.62. The van der Waals surface area contributed by atoms with E-state index in [0.29, 0.717) is 5.78 Å². The van der Waals surface area contributed by atoms with Gasteiger partial charge in [0.05, 0.1) is 0 Å². The molecule has 0 bridgehead atoms. The zero-order valence-electron chi connectivity index (χ0n) is 13.2. The summed E-state index contributed by atoms with van der Waals surface area (Å²) >= 11 is 0. The van der Waals surface area contributed by atoms with Gasteiger partial charge < -0.3 is 0 Å². The van der Waals surface area contributed by atoms with Gasteiger partial charge in [-0.25, -0.2) is 0 Å². The van der Waals surface area contributed by atoms with Crippen molar-refractivity contribution in [3.8, 4) is 0 Å². The number of benzene rings is 1. The maximum atomic E-state index is 12.8. The quantitative estimate of drug-likeness (QED) is 0.444. The maximum Gasteiger partial charge on any atom is 0.214 e. The van der Waals surface area contributed by atoms with Crippen LogP contribution in [0.5, 0.6) is 0 Å². The summed E-state index contributed by atoms with van der Waals surface area (Å²) in [6.45, 7) is 6.64. The molecule has 1 unspecified atom stereocenters. The van der Waals surface area contributed by atoms with Gasteiger partial charge in [-0.2, -0.15) is 0 Å². The fourth-order valence-electron chi connectivity index (χ4n) is 2.41. The standard InChI is InChI=1S/C18H29OS/c1-4-7-14-20(15-8-5-2)17(6-3)18(19)16-12-10-9-11-13-16/h9-13,17H,4-8,14-15H2,1-3H3/q+1. The minimum atomic E-state index is 0.232. The van der Waals surface area contributed by atoms with E-state index in [1.165, 1.54) is 37.2 Å². The highest BCUT2D eigenvalue weighted by atomic mass is 32.2. The van der Waals surface area contributed by atoms with Crippen molar-refractivity contribution in [3.05, 3.63) is 35.9 Å². The predicted molar refractivity (Wildman–Crippen MR) is 91.8 cm³/mol. The molecule has 0 spiro atoms. The number of Topliss-reactive ketones (excluding diaryl/α,β-unsaturated/α-hetero) is 1. The summed E-state index contributed by atoms with van der Waals surface area (Å²) in [5, 5.41) is 0.232. The third-order valence-electron chi connectivity index (χ3n) is 3.64. The number of carbonyl (C=O) groups excluding carboxylic acids is 1. The molecule has 1 rings (SSSR count). The molecule has 0 heterocycles.